The van der Waals surface area contributed by atoms with Crippen LogP contribution in [0.25, 0.3) is 11.5 Å². The van der Waals surface area contributed by atoms with E-state index in [9.17, 15) is 4.39 Å². The number of benzene rings is 1. The van der Waals surface area contributed by atoms with Gasteiger partial charge in [-0.3, -0.25) is 0 Å². The third-order valence-corrected chi connectivity index (χ3v) is 5.08. The molecule has 6 heteroatoms. The fourth-order valence-electron chi connectivity index (χ4n) is 2.56. The first kappa shape index (κ1) is 14.4. The lowest BCUT2D eigenvalue weighted by Crippen LogP contribution is -2.08. The fraction of sp³-hybridized carbons (Fsp3) is 0.467. The van der Waals surface area contributed by atoms with Gasteiger partial charge >= 0.3 is 0 Å². The van der Waals surface area contributed by atoms with Crippen molar-refractivity contribution in [1.82, 2.24) is 10.1 Å². The Morgan fingerprint density at radius 1 is 1.29 bits per heavy atom. The van der Waals surface area contributed by atoms with E-state index in [0.717, 1.165) is 5.75 Å². The molecule has 0 saturated heterocycles. The molecule has 0 spiro atoms. The minimum Gasteiger partial charge on any atom is -0.398 e. The highest BCUT2D eigenvalue weighted by atomic mass is 32.2. The van der Waals surface area contributed by atoms with Crippen LogP contribution in [0.15, 0.2) is 22.7 Å². The van der Waals surface area contributed by atoms with Crippen LogP contribution in [0.1, 0.15) is 37.9 Å². The maximum atomic E-state index is 13.3. The molecule has 0 amide bonds. The topological polar surface area (TPSA) is 64.9 Å². The summed E-state index contributed by atoms with van der Waals surface area (Å²) >= 11 is 1.88. The van der Waals surface area contributed by atoms with E-state index in [1.807, 2.05) is 11.8 Å². The average molecular weight is 307 g/mol. The highest BCUT2D eigenvalue weighted by Crippen LogP contribution is 2.31. The molecule has 1 aromatic carbocycles. The van der Waals surface area contributed by atoms with E-state index in [2.05, 4.69) is 10.1 Å². The molecule has 2 N–H and O–H groups in total. The molecule has 21 heavy (non-hydrogen) atoms. The van der Waals surface area contributed by atoms with Crippen molar-refractivity contribution in [2.24, 2.45) is 0 Å². The van der Waals surface area contributed by atoms with Crippen LogP contribution in [-0.2, 0) is 5.75 Å². The quantitative estimate of drug-likeness (QED) is 0.864. The second-order valence-electron chi connectivity index (χ2n) is 5.32. The van der Waals surface area contributed by atoms with Gasteiger partial charge in [0, 0.05) is 10.9 Å². The zero-order valence-electron chi connectivity index (χ0n) is 11.7. The van der Waals surface area contributed by atoms with Crippen LogP contribution in [0, 0.1) is 5.82 Å². The number of hydrogen-bond acceptors (Lipinski definition) is 5. The van der Waals surface area contributed by atoms with Crippen molar-refractivity contribution >= 4 is 17.4 Å². The molecule has 1 aliphatic rings. The van der Waals surface area contributed by atoms with Crippen LogP contribution in [0.3, 0.4) is 0 Å². The first-order valence-electron chi connectivity index (χ1n) is 7.22. The number of thioether (sulfide) groups is 1. The monoisotopic (exact) mass is 307 g/mol. The van der Waals surface area contributed by atoms with E-state index < -0.39 is 0 Å². The van der Waals surface area contributed by atoms with E-state index in [1.54, 1.807) is 0 Å². The summed E-state index contributed by atoms with van der Waals surface area (Å²) in [5, 5.41) is 4.66. The van der Waals surface area contributed by atoms with E-state index in [-0.39, 0.29) is 11.7 Å². The van der Waals surface area contributed by atoms with E-state index in [0.29, 0.717) is 22.3 Å². The van der Waals surface area contributed by atoms with Gasteiger partial charge in [-0.25, -0.2) is 4.39 Å². The summed E-state index contributed by atoms with van der Waals surface area (Å²) < 4.78 is 18.5. The Morgan fingerprint density at radius 3 is 2.90 bits per heavy atom. The second kappa shape index (κ2) is 6.47. The standard InChI is InChI=1S/C15H18FN3OS/c16-10-6-7-13(17)12(8-10)15-18-14(19-20-15)9-21-11-4-2-1-3-5-11/h6-8,11H,1-5,9,17H2. The lowest BCUT2D eigenvalue weighted by Gasteiger charge is -2.19. The number of hydrogen-bond donors (Lipinski definition) is 1. The van der Waals surface area contributed by atoms with Crippen LogP contribution in [-0.4, -0.2) is 15.4 Å². The first-order chi connectivity index (χ1) is 10.2. The molecular weight excluding hydrogens is 289 g/mol. The molecule has 1 aliphatic carbocycles. The molecule has 112 valence electrons. The summed E-state index contributed by atoms with van der Waals surface area (Å²) in [6.45, 7) is 0. The zero-order chi connectivity index (χ0) is 14.7. The molecule has 2 aromatic rings. The Bertz CT molecular complexity index is 611. The highest BCUT2D eigenvalue weighted by molar-refractivity contribution is 7.99. The van der Waals surface area contributed by atoms with Crippen molar-refractivity contribution < 1.29 is 8.91 Å². The average Bonchev–Trinajstić information content (AvgIpc) is 2.97. The number of nitrogens with zero attached hydrogens (tertiary/aromatic N) is 2. The van der Waals surface area contributed by atoms with Crippen molar-refractivity contribution in [2.75, 3.05) is 5.73 Å². The molecule has 0 unspecified atom stereocenters. The molecule has 1 heterocycles. The Kier molecular flexibility index (Phi) is 4.43. The maximum absolute atomic E-state index is 13.3. The van der Waals surface area contributed by atoms with Crippen LogP contribution < -0.4 is 5.73 Å². The number of anilines is 1. The Morgan fingerprint density at radius 2 is 2.10 bits per heavy atom. The van der Waals surface area contributed by atoms with Crippen LogP contribution in [0.2, 0.25) is 0 Å². The van der Waals surface area contributed by atoms with Crippen LogP contribution in [0.5, 0.6) is 0 Å². The fourth-order valence-corrected chi connectivity index (χ4v) is 3.73. The molecule has 4 nitrogen and oxygen atoms in total. The predicted molar refractivity (Wildman–Crippen MR) is 82.3 cm³/mol. The minimum absolute atomic E-state index is 0.284. The van der Waals surface area contributed by atoms with Gasteiger partial charge in [-0.1, -0.05) is 24.4 Å². The van der Waals surface area contributed by atoms with Crippen LogP contribution in [0.4, 0.5) is 10.1 Å². The number of halogens is 1. The lowest BCUT2D eigenvalue weighted by molar-refractivity contribution is 0.425. The van der Waals surface area contributed by atoms with Crippen molar-refractivity contribution in [3.63, 3.8) is 0 Å². The van der Waals surface area contributed by atoms with Gasteiger partial charge in [0.25, 0.3) is 5.89 Å². The summed E-state index contributed by atoms with van der Waals surface area (Å²) in [4.78, 5) is 4.32. The third kappa shape index (κ3) is 3.56. The molecule has 3 rings (SSSR count). The maximum Gasteiger partial charge on any atom is 0.260 e. The number of aromatic nitrogens is 2. The minimum atomic E-state index is -0.365. The van der Waals surface area contributed by atoms with Gasteiger partial charge < -0.3 is 10.3 Å². The van der Waals surface area contributed by atoms with E-state index >= 15 is 0 Å². The number of rotatable bonds is 4. The summed E-state index contributed by atoms with van der Waals surface area (Å²) in [5.41, 5.74) is 6.71. The zero-order valence-corrected chi connectivity index (χ0v) is 12.5. The molecule has 1 fully saturated rings. The summed E-state index contributed by atoms with van der Waals surface area (Å²) in [5.74, 6) is 1.29. The van der Waals surface area contributed by atoms with Gasteiger partial charge in [0.2, 0.25) is 0 Å². The highest BCUT2D eigenvalue weighted by Gasteiger charge is 2.17. The summed E-state index contributed by atoms with van der Waals surface area (Å²) in [7, 11) is 0. The molecule has 1 saturated carbocycles. The third-order valence-electron chi connectivity index (χ3n) is 3.71. The molecule has 0 bridgehead atoms. The first-order valence-corrected chi connectivity index (χ1v) is 8.27. The SMILES string of the molecule is Nc1ccc(F)cc1-c1nc(CSC2CCCCC2)no1. The van der Waals surface area contributed by atoms with Crippen molar-refractivity contribution in [2.45, 2.75) is 43.1 Å². The van der Waals surface area contributed by atoms with Crippen molar-refractivity contribution in [3.8, 4) is 11.5 Å². The number of nitrogen functional groups attached to an aromatic ring is 1. The van der Waals surface area contributed by atoms with Gasteiger partial charge in [0.15, 0.2) is 5.82 Å². The van der Waals surface area contributed by atoms with Crippen molar-refractivity contribution in [3.05, 3.63) is 29.8 Å². The summed E-state index contributed by atoms with van der Waals surface area (Å²) in [6, 6.07) is 4.14. The Hall–Kier alpha value is -1.56. The predicted octanol–water partition coefficient (Wildman–Crippen LogP) is 4.02. The van der Waals surface area contributed by atoms with Gasteiger partial charge in [-0.2, -0.15) is 16.7 Å². The van der Waals surface area contributed by atoms with E-state index in [1.165, 1.54) is 50.3 Å². The van der Waals surface area contributed by atoms with Gasteiger partial charge in [-0.05, 0) is 31.0 Å². The molecule has 0 radical (unpaired) electrons. The molecular formula is C15H18FN3OS. The van der Waals surface area contributed by atoms with Crippen molar-refractivity contribution in [1.29, 1.82) is 0 Å². The van der Waals surface area contributed by atoms with Gasteiger partial charge in [0.05, 0.1) is 11.3 Å². The van der Waals surface area contributed by atoms with Gasteiger partial charge in [0.1, 0.15) is 5.82 Å². The lowest BCUT2D eigenvalue weighted by atomic mass is 10.0. The number of nitrogens with two attached hydrogens (primary N) is 1. The Labute approximate surface area is 127 Å². The largest absolute Gasteiger partial charge is 0.398 e. The smallest absolute Gasteiger partial charge is 0.260 e. The van der Waals surface area contributed by atoms with Crippen LogP contribution >= 0.6 is 11.8 Å². The normalized spacial score (nSPS) is 16.2. The summed E-state index contributed by atoms with van der Waals surface area (Å²) in [6.07, 6.45) is 6.52. The van der Waals surface area contributed by atoms with Gasteiger partial charge in [-0.15, -0.1) is 0 Å². The Balaban J connectivity index is 1.66. The molecule has 0 aliphatic heterocycles. The second-order valence-corrected chi connectivity index (χ2v) is 6.61. The molecule has 0 atom stereocenters. The van der Waals surface area contributed by atoms with E-state index in [4.69, 9.17) is 10.3 Å². The molecule has 1 aromatic heterocycles.